The molecule has 0 bridgehead atoms. The van der Waals surface area contributed by atoms with Crippen LogP contribution in [0.25, 0.3) is 0 Å². The van der Waals surface area contributed by atoms with Gasteiger partial charge in [0.1, 0.15) is 6.04 Å². The van der Waals surface area contributed by atoms with E-state index < -0.39 is 6.04 Å². The lowest BCUT2D eigenvalue weighted by Gasteiger charge is -2.25. The number of thiazole rings is 1. The van der Waals surface area contributed by atoms with Gasteiger partial charge in [0, 0.05) is 17.5 Å². The van der Waals surface area contributed by atoms with Crippen molar-refractivity contribution in [2.24, 2.45) is 5.92 Å². The van der Waals surface area contributed by atoms with E-state index in [9.17, 15) is 9.59 Å². The van der Waals surface area contributed by atoms with Crippen molar-refractivity contribution in [1.29, 1.82) is 0 Å². The number of hydrogen-bond acceptors (Lipinski definition) is 5. The largest absolute Gasteiger partial charge is 0.340 e. The predicted octanol–water partition coefficient (Wildman–Crippen LogP) is 3.91. The SMILES string of the molecule is CCC(C)C(NC(=O)c1ccccc1)C(=O)Nc1nc(CN2CCCCC2)cs1. The van der Waals surface area contributed by atoms with Crippen LogP contribution in [0.2, 0.25) is 0 Å². The number of carbonyl (C=O) groups is 2. The molecule has 1 aliphatic rings. The van der Waals surface area contributed by atoms with E-state index >= 15 is 0 Å². The number of nitrogens with zero attached hydrogens (tertiary/aromatic N) is 2. The zero-order chi connectivity index (χ0) is 20.6. The molecule has 7 heteroatoms. The molecule has 1 aromatic heterocycles. The lowest BCUT2D eigenvalue weighted by atomic mass is 9.98. The maximum atomic E-state index is 12.9. The maximum absolute atomic E-state index is 12.9. The summed E-state index contributed by atoms with van der Waals surface area (Å²) in [5, 5.41) is 8.39. The fraction of sp³-hybridized carbons (Fsp3) is 0.500. The Balaban J connectivity index is 1.61. The Labute approximate surface area is 176 Å². The highest BCUT2D eigenvalue weighted by Gasteiger charge is 2.27. The summed E-state index contributed by atoms with van der Waals surface area (Å²) in [6, 6.07) is 8.37. The molecule has 3 rings (SSSR count). The van der Waals surface area contributed by atoms with Crippen molar-refractivity contribution < 1.29 is 9.59 Å². The van der Waals surface area contributed by atoms with Gasteiger partial charge in [-0.3, -0.25) is 14.5 Å². The summed E-state index contributed by atoms with van der Waals surface area (Å²) in [5.41, 5.74) is 1.53. The van der Waals surface area contributed by atoms with Crippen LogP contribution in [0.4, 0.5) is 5.13 Å². The van der Waals surface area contributed by atoms with Crippen LogP contribution in [0.5, 0.6) is 0 Å². The monoisotopic (exact) mass is 414 g/mol. The molecule has 1 fully saturated rings. The molecule has 0 spiro atoms. The van der Waals surface area contributed by atoms with Crippen LogP contribution in [-0.4, -0.2) is 40.8 Å². The van der Waals surface area contributed by atoms with Gasteiger partial charge in [0.15, 0.2) is 5.13 Å². The molecule has 0 aliphatic carbocycles. The standard InChI is InChI=1S/C22H30N4O2S/c1-3-16(2)19(24-20(27)17-10-6-4-7-11-17)21(28)25-22-23-18(15-29-22)14-26-12-8-5-9-13-26/h4,6-7,10-11,15-16,19H,3,5,8-9,12-14H2,1-2H3,(H,24,27)(H,23,25,28). The number of hydrogen-bond donors (Lipinski definition) is 2. The molecule has 1 aliphatic heterocycles. The summed E-state index contributed by atoms with van der Waals surface area (Å²) in [4.78, 5) is 32.4. The first-order valence-corrected chi connectivity index (χ1v) is 11.3. The van der Waals surface area contributed by atoms with E-state index in [1.54, 1.807) is 12.1 Å². The van der Waals surface area contributed by atoms with Gasteiger partial charge in [0.25, 0.3) is 5.91 Å². The highest BCUT2D eigenvalue weighted by molar-refractivity contribution is 7.13. The molecular formula is C22H30N4O2S. The third kappa shape index (κ3) is 6.11. The van der Waals surface area contributed by atoms with Gasteiger partial charge in [-0.1, -0.05) is 44.9 Å². The van der Waals surface area contributed by atoms with Crippen LogP contribution in [0.3, 0.4) is 0 Å². The maximum Gasteiger partial charge on any atom is 0.251 e. The minimum atomic E-state index is -0.609. The lowest BCUT2D eigenvalue weighted by molar-refractivity contribution is -0.119. The van der Waals surface area contributed by atoms with Crippen molar-refractivity contribution in [1.82, 2.24) is 15.2 Å². The van der Waals surface area contributed by atoms with Crippen LogP contribution >= 0.6 is 11.3 Å². The van der Waals surface area contributed by atoms with E-state index in [1.807, 2.05) is 37.4 Å². The molecule has 2 N–H and O–H groups in total. The second-order valence-corrected chi connectivity index (χ2v) is 8.53. The zero-order valence-corrected chi connectivity index (χ0v) is 18.0. The van der Waals surface area contributed by atoms with E-state index in [4.69, 9.17) is 0 Å². The fourth-order valence-electron chi connectivity index (χ4n) is 3.48. The Bertz CT molecular complexity index is 802. The minimum Gasteiger partial charge on any atom is -0.340 e. The number of benzene rings is 1. The molecule has 2 atom stereocenters. The molecule has 2 unspecified atom stereocenters. The second-order valence-electron chi connectivity index (χ2n) is 7.67. The fourth-order valence-corrected chi connectivity index (χ4v) is 4.19. The van der Waals surface area contributed by atoms with E-state index in [2.05, 4.69) is 20.5 Å². The Morgan fingerprint density at radius 3 is 2.59 bits per heavy atom. The number of anilines is 1. The quantitative estimate of drug-likeness (QED) is 0.687. The van der Waals surface area contributed by atoms with E-state index in [-0.39, 0.29) is 17.7 Å². The van der Waals surface area contributed by atoms with Gasteiger partial charge in [-0.05, 0) is 44.0 Å². The van der Waals surface area contributed by atoms with Crippen LogP contribution in [0.15, 0.2) is 35.7 Å². The van der Waals surface area contributed by atoms with Gasteiger partial charge in [0.05, 0.1) is 5.69 Å². The van der Waals surface area contributed by atoms with Crippen molar-refractivity contribution >= 4 is 28.3 Å². The molecule has 2 heterocycles. The van der Waals surface area contributed by atoms with Crippen molar-refractivity contribution in [2.75, 3.05) is 18.4 Å². The Hall–Kier alpha value is -2.25. The molecule has 0 saturated carbocycles. The van der Waals surface area contributed by atoms with Gasteiger partial charge in [-0.2, -0.15) is 0 Å². The van der Waals surface area contributed by atoms with E-state index in [0.29, 0.717) is 10.7 Å². The second kappa shape index (κ2) is 10.5. The minimum absolute atomic E-state index is 0.00967. The van der Waals surface area contributed by atoms with Gasteiger partial charge < -0.3 is 10.6 Å². The summed E-state index contributed by atoms with van der Waals surface area (Å²) in [6.45, 7) is 7.03. The number of piperidine rings is 1. The highest BCUT2D eigenvalue weighted by atomic mass is 32.1. The number of carbonyl (C=O) groups excluding carboxylic acids is 2. The summed E-state index contributed by atoms with van der Waals surface area (Å²) in [7, 11) is 0. The van der Waals surface area contributed by atoms with Gasteiger partial charge in [-0.15, -0.1) is 11.3 Å². The Morgan fingerprint density at radius 1 is 1.17 bits per heavy atom. The van der Waals surface area contributed by atoms with Crippen molar-refractivity contribution in [3.05, 3.63) is 47.0 Å². The van der Waals surface area contributed by atoms with Crippen LogP contribution in [-0.2, 0) is 11.3 Å². The normalized spacial score (nSPS) is 16.8. The first-order chi connectivity index (χ1) is 14.1. The van der Waals surface area contributed by atoms with E-state index in [0.717, 1.165) is 31.7 Å². The summed E-state index contributed by atoms with van der Waals surface area (Å²) >= 11 is 1.44. The molecule has 1 aromatic carbocycles. The average molecular weight is 415 g/mol. The van der Waals surface area contributed by atoms with Crippen molar-refractivity contribution in [2.45, 2.75) is 52.1 Å². The molecule has 2 amide bonds. The molecule has 2 aromatic rings. The molecule has 29 heavy (non-hydrogen) atoms. The molecular weight excluding hydrogens is 384 g/mol. The number of nitrogens with one attached hydrogen (secondary N) is 2. The van der Waals surface area contributed by atoms with Gasteiger partial charge in [-0.25, -0.2) is 4.98 Å². The van der Waals surface area contributed by atoms with Crippen LogP contribution in [0, 0.1) is 5.92 Å². The van der Waals surface area contributed by atoms with E-state index in [1.165, 1.54) is 30.6 Å². The topological polar surface area (TPSA) is 74.3 Å². The third-order valence-corrected chi connectivity index (χ3v) is 6.24. The molecule has 156 valence electrons. The van der Waals surface area contributed by atoms with Crippen LogP contribution in [0.1, 0.15) is 55.6 Å². The number of likely N-dealkylation sites (tertiary alicyclic amines) is 1. The van der Waals surface area contributed by atoms with Gasteiger partial charge >= 0.3 is 0 Å². The molecule has 0 radical (unpaired) electrons. The smallest absolute Gasteiger partial charge is 0.251 e. The summed E-state index contributed by atoms with van der Waals surface area (Å²) in [5.74, 6) is -0.450. The molecule has 1 saturated heterocycles. The summed E-state index contributed by atoms with van der Waals surface area (Å²) in [6.07, 6.45) is 4.57. The van der Waals surface area contributed by atoms with Crippen LogP contribution < -0.4 is 10.6 Å². The number of aromatic nitrogens is 1. The zero-order valence-electron chi connectivity index (χ0n) is 17.2. The summed E-state index contributed by atoms with van der Waals surface area (Å²) < 4.78 is 0. The average Bonchev–Trinajstić information content (AvgIpc) is 3.19. The van der Waals surface area contributed by atoms with Gasteiger partial charge in [0.2, 0.25) is 5.91 Å². The Morgan fingerprint density at radius 2 is 1.90 bits per heavy atom. The third-order valence-electron chi connectivity index (χ3n) is 5.43. The predicted molar refractivity (Wildman–Crippen MR) is 117 cm³/mol. The lowest BCUT2D eigenvalue weighted by Crippen LogP contribution is -2.47. The van der Waals surface area contributed by atoms with Crippen molar-refractivity contribution in [3.63, 3.8) is 0 Å². The highest BCUT2D eigenvalue weighted by Crippen LogP contribution is 2.20. The number of rotatable bonds is 8. The first kappa shape index (κ1) is 21.5. The first-order valence-electron chi connectivity index (χ1n) is 10.4. The Kier molecular flexibility index (Phi) is 7.77. The number of amides is 2. The molecule has 6 nitrogen and oxygen atoms in total. The van der Waals surface area contributed by atoms with Crippen molar-refractivity contribution in [3.8, 4) is 0 Å².